The Labute approximate surface area is 205 Å². The van der Waals surface area contributed by atoms with Gasteiger partial charge < -0.3 is 9.47 Å². The molecule has 4 amide bonds. The van der Waals surface area contributed by atoms with E-state index >= 15 is 0 Å². The Kier molecular flexibility index (Phi) is 6.66. The molecule has 8 nitrogen and oxygen atoms in total. The Morgan fingerprint density at radius 1 is 0.971 bits per heavy atom. The molecule has 35 heavy (non-hydrogen) atoms. The molecule has 0 bridgehead atoms. The van der Waals surface area contributed by atoms with E-state index in [1.165, 1.54) is 37.5 Å². The minimum absolute atomic E-state index is 0.144. The third-order valence-corrected chi connectivity index (χ3v) is 5.39. The van der Waals surface area contributed by atoms with Crippen molar-refractivity contribution >= 4 is 47.2 Å². The number of nitrogens with zero attached hydrogens (tertiary/aromatic N) is 1. The Hall–Kier alpha value is -4.43. The summed E-state index contributed by atoms with van der Waals surface area (Å²) in [5, 5.41) is 2.67. The van der Waals surface area contributed by atoms with Crippen molar-refractivity contribution in [3.05, 3.63) is 94.0 Å². The maximum atomic E-state index is 13.1. The van der Waals surface area contributed by atoms with Gasteiger partial charge in [-0.1, -0.05) is 29.8 Å². The number of hydrogen-bond acceptors (Lipinski definition) is 6. The van der Waals surface area contributed by atoms with E-state index in [1.54, 1.807) is 36.4 Å². The first-order chi connectivity index (χ1) is 16.8. The smallest absolute Gasteiger partial charge is 0.343 e. The summed E-state index contributed by atoms with van der Waals surface area (Å²) in [6.45, 7) is 1.82. The zero-order valence-electron chi connectivity index (χ0n) is 18.7. The molecular weight excluding hydrogens is 472 g/mol. The number of imide groups is 2. The quantitative estimate of drug-likeness (QED) is 0.244. The van der Waals surface area contributed by atoms with E-state index in [4.69, 9.17) is 21.1 Å². The summed E-state index contributed by atoms with van der Waals surface area (Å²) in [4.78, 5) is 51.2. The van der Waals surface area contributed by atoms with Crippen molar-refractivity contribution in [1.82, 2.24) is 5.32 Å². The van der Waals surface area contributed by atoms with Gasteiger partial charge in [0.15, 0.2) is 11.5 Å². The second-order valence-corrected chi connectivity index (χ2v) is 8.04. The first kappa shape index (κ1) is 23.7. The van der Waals surface area contributed by atoms with E-state index in [-0.39, 0.29) is 17.1 Å². The van der Waals surface area contributed by atoms with E-state index in [1.807, 2.05) is 13.0 Å². The molecule has 0 saturated carbocycles. The number of rotatable bonds is 5. The molecule has 4 rings (SSSR count). The third-order valence-electron chi connectivity index (χ3n) is 5.14. The van der Waals surface area contributed by atoms with Crippen molar-refractivity contribution < 1.29 is 28.7 Å². The maximum absolute atomic E-state index is 13.1. The standard InChI is InChI=1S/C26H19ClN2O6/c1-15-4-3-5-19(12-15)29-24(31)20(23(30)28-26(29)33)13-16-6-11-21(22(14-16)34-2)35-25(32)17-7-9-18(27)10-8-17/h3-14H,1-2H3,(H,28,30,33)/b20-13+. The molecule has 9 heteroatoms. The monoisotopic (exact) mass is 490 g/mol. The summed E-state index contributed by atoms with van der Waals surface area (Å²) in [5.74, 6) is -1.84. The number of halogens is 1. The Balaban J connectivity index is 1.62. The van der Waals surface area contributed by atoms with Crippen LogP contribution in [-0.2, 0) is 9.59 Å². The maximum Gasteiger partial charge on any atom is 0.343 e. The second kappa shape index (κ2) is 9.82. The van der Waals surface area contributed by atoms with Gasteiger partial charge in [-0.2, -0.15) is 0 Å². The highest BCUT2D eigenvalue weighted by Crippen LogP contribution is 2.31. The highest BCUT2D eigenvalue weighted by molar-refractivity contribution is 6.39. The summed E-state index contributed by atoms with van der Waals surface area (Å²) >= 11 is 5.85. The van der Waals surface area contributed by atoms with Gasteiger partial charge in [0.2, 0.25) is 0 Å². The van der Waals surface area contributed by atoms with Crippen LogP contribution in [0.5, 0.6) is 11.5 Å². The molecule has 1 saturated heterocycles. The van der Waals surface area contributed by atoms with Crippen LogP contribution >= 0.6 is 11.6 Å². The lowest BCUT2D eigenvalue weighted by molar-refractivity contribution is -0.122. The number of aryl methyl sites for hydroxylation is 1. The van der Waals surface area contributed by atoms with Crippen LogP contribution in [0, 0.1) is 6.92 Å². The molecule has 1 aliphatic heterocycles. The predicted molar refractivity (Wildman–Crippen MR) is 130 cm³/mol. The zero-order chi connectivity index (χ0) is 25.1. The topological polar surface area (TPSA) is 102 Å². The third kappa shape index (κ3) is 5.07. The van der Waals surface area contributed by atoms with Crippen molar-refractivity contribution in [3.63, 3.8) is 0 Å². The number of ether oxygens (including phenoxy) is 2. The number of hydrogen-bond donors (Lipinski definition) is 1. The minimum Gasteiger partial charge on any atom is -0.493 e. The number of nitrogens with one attached hydrogen (secondary N) is 1. The first-order valence-corrected chi connectivity index (χ1v) is 10.8. The van der Waals surface area contributed by atoms with Gasteiger partial charge in [0.1, 0.15) is 5.57 Å². The van der Waals surface area contributed by atoms with Gasteiger partial charge in [0.25, 0.3) is 11.8 Å². The van der Waals surface area contributed by atoms with Gasteiger partial charge in [-0.05, 0) is 72.7 Å². The molecule has 0 aliphatic carbocycles. The van der Waals surface area contributed by atoms with Gasteiger partial charge >= 0.3 is 12.0 Å². The minimum atomic E-state index is -0.829. The lowest BCUT2D eigenvalue weighted by atomic mass is 10.1. The number of urea groups is 1. The Bertz CT molecular complexity index is 1380. The Morgan fingerprint density at radius 3 is 2.40 bits per heavy atom. The lowest BCUT2D eigenvalue weighted by Crippen LogP contribution is -2.54. The molecule has 0 radical (unpaired) electrons. The van der Waals surface area contributed by atoms with Gasteiger partial charge in [-0.3, -0.25) is 14.9 Å². The van der Waals surface area contributed by atoms with Crippen LogP contribution in [-0.4, -0.2) is 30.9 Å². The fourth-order valence-corrected chi connectivity index (χ4v) is 3.55. The van der Waals surface area contributed by atoms with Crippen LogP contribution in [0.25, 0.3) is 6.08 Å². The summed E-state index contributed by atoms with van der Waals surface area (Å²) in [7, 11) is 1.39. The van der Waals surface area contributed by atoms with Crippen molar-refractivity contribution in [2.45, 2.75) is 6.92 Å². The van der Waals surface area contributed by atoms with E-state index < -0.39 is 23.8 Å². The van der Waals surface area contributed by atoms with Gasteiger partial charge in [-0.15, -0.1) is 0 Å². The summed E-state index contributed by atoms with van der Waals surface area (Å²) in [6, 6.07) is 16.7. The van der Waals surface area contributed by atoms with Crippen LogP contribution in [0.3, 0.4) is 0 Å². The number of benzene rings is 3. The van der Waals surface area contributed by atoms with Crippen LogP contribution in [0.4, 0.5) is 10.5 Å². The predicted octanol–water partition coefficient (Wildman–Crippen LogP) is 4.54. The molecule has 0 atom stereocenters. The molecule has 3 aromatic carbocycles. The van der Waals surface area contributed by atoms with Crippen molar-refractivity contribution in [3.8, 4) is 11.5 Å². The lowest BCUT2D eigenvalue weighted by Gasteiger charge is -2.26. The van der Waals surface area contributed by atoms with Gasteiger partial charge in [-0.25, -0.2) is 14.5 Å². The molecule has 0 spiro atoms. The normalized spacial score (nSPS) is 14.7. The van der Waals surface area contributed by atoms with Crippen molar-refractivity contribution in [2.75, 3.05) is 12.0 Å². The molecule has 1 fully saturated rings. The van der Waals surface area contributed by atoms with Gasteiger partial charge in [0, 0.05) is 5.02 Å². The van der Waals surface area contributed by atoms with Crippen LogP contribution in [0.15, 0.2) is 72.3 Å². The fraction of sp³-hybridized carbons (Fsp3) is 0.0769. The molecule has 1 heterocycles. The molecule has 0 unspecified atom stereocenters. The summed E-state index contributed by atoms with van der Waals surface area (Å²) in [5.41, 5.74) is 1.67. The largest absolute Gasteiger partial charge is 0.493 e. The number of barbiturate groups is 1. The average molecular weight is 491 g/mol. The van der Waals surface area contributed by atoms with Crippen molar-refractivity contribution in [1.29, 1.82) is 0 Å². The van der Waals surface area contributed by atoms with Gasteiger partial charge in [0.05, 0.1) is 18.4 Å². The van der Waals surface area contributed by atoms with E-state index in [0.29, 0.717) is 21.8 Å². The molecule has 1 N–H and O–H groups in total. The molecule has 3 aromatic rings. The fourth-order valence-electron chi connectivity index (χ4n) is 3.43. The number of anilines is 1. The molecule has 0 aromatic heterocycles. The molecule has 176 valence electrons. The van der Waals surface area contributed by atoms with Crippen LogP contribution in [0.2, 0.25) is 5.02 Å². The first-order valence-electron chi connectivity index (χ1n) is 10.4. The van der Waals surface area contributed by atoms with Crippen LogP contribution < -0.4 is 19.7 Å². The molecular formula is C26H19ClN2O6. The highest BCUT2D eigenvalue weighted by Gasteiger charge is 2.36. The highest BCUT2D eigenvalue weighted by atomic mass is 35.5. The number of methoxy groups -OCH3 is 1. The Morgan fingerprint density at radius 2 is 1.71 bits per heavy atom. The SMILES string of the molecule is COc1cc(/C=C2\C(=O)NC(=O)N(c3cccc(C)c3)C2=O)ccc1OC(=O)c1ccc(Cl)cc1. The number of esters is 1. The van der Waals surface area contributed by atoms with Crippen LogP contribution in [0.1, 0.15) is 21.5 Å². The average Bonchev–Trinajstić information content (AvgIpc) is 2.83. The van der Waals surface area contributed by atoms with Crippen molar-refractivity contribution in [2.24, 2.45) is 0 Å². The van der Waals surface area contributed by atoms with E-state index in [9.17, 15) is 19.2 Å². The summed E-state index contributed by atoms with van der Waals surface area (Å²) < 4.78 is 10.8. The van der Waals surface area contributed by atoms with E-state index in [0.717, 1.165) is 10.5 Å². The molecule has 1 aliphatic rings. The zero-order valence-corrected chi connectivity index (χ0v) is 19.5. The number of carbonyl (C=O) groups is 4. The number of amides is 4. The van der Waals surface area contributed by atoms with E-state index in [2.05, 4.69) is 5.32 Å². The second-order valence-electron chi connectivity index (χ2n) is 7.60. The number of carbonyl (C=O) groups excluding carboxylic acids is 4. The summed E-state index contributed by atoms with van der Waals surface area (Å²) in [6.07, 6.45) is 1.33.